The summed E-state index contributed by atoms with van der Waals surface area (Å²) >= 11 is 0. The average Bonchev–Trinajstić information content (AvgIpc) is 2.65. The van der Waals surface area contributed by atoms with Gasteiger partial charge in [-0.25, -0.2) is 4.79 Å². The summed E-state index contributed by atoms with van der Waals surface area (Å²) in [6, 6.07) is 9.85. The highest BCUT2D eigenvalue weighted by atomic mass is 16.7. The third-order valence-corrected chi connectivity index (χ3v) is 4.72. The number of carboxylic acid groups (broad SMARTS) is 1. The van der Waals surface area contributed by atoms with Gasteiger partial charge in [-0.2, -0.15) is 0 Å². The number of carbonyl (C=O) groups excluding carboxylic acids is 1. The average molecular weight is 375 g/mol. The first-order valence-corrected chi connectivity index (χ1v) is 9.62. The Balaban J connectivity index is 1.79. The first-order valence-electron chi connectivity index (χ1n) is 9.62. The maximum atomic E-state index is 12.3. The van der Waals surface area contributed by atoms with Gasteiger partial charge >= 0.3 is 6.16 Å². The highest BCUT2D eigenvalue weighted by Gasteiger charge is 2.25. The normalized spacial score (nSPS) is 18.6. The van der Waals surface area contributed by atoms with Crippen molar-refractivity contribution in [1.82, 2.24) is 4.90 Å². The number of carbonyl (C=O) groups is 2. The number of hydrogen-bond donors (Lipinski definition) is 2. The molecular formula is C21H29NO5. The second kappa shape index (κ2) is 11.4. The van der Waals surface area contributed by atoms with Gasteiger partial charge in [0.1, 0.15) is 0 Å². The van der Waals surface area contributed by atoms with Crippen molar-refractivity contribution in [2.24, 2.45) is 0 Å². The highest BCUT2D eigenvalue weighted by Crippen LogP contribution is 2.20. The molecule has 1 heterocycles. The minimum absolute atomic E-state index is 0.0203. The lowest BCUT2D eigenvalue weighted by Crippen LogP contribution is -2.43. The van der Waals surface area contributed by atoms with E-state index in [9.17, 15) is 14.7 Å². The standard InChI is InChI=1S/C21H29NO5/c23-19(16-17-8-3-1-4-9-17)13-12-18-10-7-11-20(24)22(18)14-5-2-6-15-27-21(25)26/h1,3-4,8-9,12-13,18-19,23H,2,5-7,10-11,14-16H2,(H,25,26)/b13-12+/t18-,19?/m1/s1. The fourth-order valence-electron chi connectivity index (χ4n) is 3.34. The molecule has 2 rings (SSSR count). The van der Waals surface area contributed by atoms with Crippen LogP contribution in [0, 0.1) is 0 Å². The number of aliphatic hydroxyl groups is 1. The van der Waals surface area contributed by atoms with Crippen LogP contribution in [0.15, 0.2) is 42.5 Å². The highest BCUT2D eigenvalue weighted by molar-refractivity contribution is 5.77. The third-order valence-electron chi connectivity index (χ3n) is 4.72. The number of ether oxygens (including phenoxy) is 1. The molecule has 2 atom stereocenters. The van der Waals surface area contributed by atoms with Crippen molar-refractivity contribution in [1.29, 1.82) is 0 Å². The van der Waals surface area contributed by atoms with Crippen LogP contribution in [0.4, 0.5) is 4.79 Å². The molecule has 1 fully saturated rings. The predicted octanol–water partition coefficient (Wildman–Crippen LogP) is 3.39. The number of amides is 1. The Morgan fingerprint density at radius 2 is 2.04 bits per heavy atom. The fourth-order valence-corrected chi connectivity index (χ4v) is 3.34. The lowest BCUT2D eigenvalue weighted by Gasteiger charge is -2.34. The molecule has 0 aliphatic carbocycles. The molecule has 0 radical (unpaired) electrons. The summed E-state index contributed by atoms with van der Waals surface area (Å²) in [7, 11) is 0. The molecular weight excluding hydrogens is 346 g/mol. The van der Waals surface area contributed by atoms with Gasteiger partial charge in [0.25, 0.3) is 0 Å². The zero-order chi connectivity index (χ0) is 19.5. The molecule has 1 saturated heterocycles. The number of benzene rings is 1. The van der Waals surface area contributed by atoms with Gasteiger partial charge in [-0.05, 0) is 37.7 Å². The third kappa shape index (κ3) is 7.83. The molecule has 1 unspecified atom stereocenters. The van der Waals surface area contributed by atoms with Crippen LogP contribution < -0.4 is 0 Å². The number of unbranched alkanes of at least 4 members (excludes halogenated alkanes) is 2. The quantitative estimate of drug-likeness (QED) is 0.372. The Morgan fingerprint density at radius 1 is 1.26 bits per heavy atom. The molecule has 1 aliphatic heterocycles. The van der Waals surface area contributed by atoms with E-state index < -0.39 is 12.3 Å². The lowest BCUT2D eigenvalue weighted by atomic mass is 9.99. The Bertz CT molecular complexity index is 616. The van der Waals surface area contributed by atoms with Crippen LogP contribution in [-0.4, -0.2) is 52.5 Å². The molecule has 27 heavy (non-hydrogen) atoms. The molecule has 148 valence electrons. The van der Waals surface area contributed by atoms with Gasteiger partial charge in [0.15, 0.2) is 0 Å². The summed E-state index contributed by atoms with van der Waals surface area (Å²) < 4.78 is 4.49. The Morgan fingerprint density at radius 3 is 2.78 bits per heavy atom. The second-order valence-corrected chi connectivity index (χ2v) is 6.86. The number of piperidine rings is 1. The molecule has 6 nitrogen and oxygen atoms in total. The number of nitrogens with zero attached hydrogens (tertiary/aromatic N) is 1. The van der Waals surface area contributed by atoms with Gasteiger partial charge in [0.2, 0.25) is 5.91 Å². The molecule has 1 aliphatic rings. The van der Waals surface area contributed by atoms with Crippen molar-refractivity contribution in [3.05, 3.63) is 48.0 Å². The number of likely N-dealkylation sites (tertiary alicyclic amines) is 1. The summed E-state index contributed by atoms with van der Waals surface area (Å²) in [6.07, 6.45) is 7.11. The van der Waals surface area contributed by atoms with E-state index in [0.29, 0.717) is 25.8 Å². The topological polar surface area (TPSA) is 87.1 Å². The SMILES string of the molecule is O=C(O)OCCCCCN1C(=O)CCC[C@@H]1/C=C/C(O)Cc1ccccc1. The molecule has 6 heteroatoms. The second-order valence-electron chi connectivity index (χ2n) is 6.86. The van der Waals surface area contributed by atoms with E-state index in [1.165, 1.54) is 0 Å². The molecule has 1 amide bonds. The van der Waals surface area contributed by atoms with Gasteiger partial charge in [0.05, 0.1) is 18.8 Å². The first-order chi connectivity index (χ1) is 13.1. The zero-order valence-electron chi connectivity index (χ0n) is 15.6. The van der Waals surface area contributed by atoms with Crippen LogP contribution in [0.1, 0.15) is 44.1 Å². The smallest absolute Gasteiger partial charge is 0.450 e. The van der Waals surface area contributed by atoms with Crippen molar-refractivity contribution in [2.75, 3.05) is 13.2 Å². The molecule has 0 aromatic heterocycles. The Hall–Kier alpha value is -2.34. The maximum Gasteiger partial charge on any atom is 0.505 e. The largest absolute Gasteiger partial charge is 0.505 e. The monoisotopic (exact) mass is 375 g/mol. The molecule has 1 aromatic rings. The molecule has 2 N–H and O–H groups in total. The van der Waals surface area contributed by atoms with E-state index in [4.69, 9.17) is 5.11 Å². The Kier molecular flexibility index (Phi) is 8.84. The van der Waals surface area contributed by atoms with E-state index >= 15 is 0 Å². The van der Waals surface area contributed by atoms with Crippen LogP contribution in [0.5, 0.6) is 0 Å². The van der Waals surface area contributed by atoms with E-state index in [2.05, 4.69) is 4.74 Å². The number of rotatable bonds is 10. The first kappa shape index (κ1) is 21.0. The molecule has 0 saturated carbocycles. The summed E-state index contributed by atoms with van der Waals surface area (Å²) in [6.45, 7) is 0.841. The molecule has 0 spiro atoms. The fraction of sp³-hybridized carbons (Fsp3) is 0.524. The summed E-state index contributed by atoms with van der Waals surface area (Å²) in [5.74, 6) is 0.148. The van der Waals surface area contributed by atoms with Crippen LogP contribution >= 0.6 is 0 Å². The predicted molar refractivity (Wildman–Crippen MR) is 102 cm³/mol. The minimum Gasteiger partial charge on any atom is -0.450 e. The molecule has 1 aromatic carbocycles. The Labute approximate surface area is 160 Å². The van der Waals surface area contributed by atoms with E-state index in [-0.39, 0.29) is 18.6 Å². The lowest BCUT2D eigenvalue weighted by molar-refractivity contribution is -0.135. The van der Waals surface area contributed by atoms with Gasteiger partial charge < -0.3 is 19.8 Å². The van der Waals surface area contributed by atoms with E-state index in [1.807, 2.05) is 41.3 Å². The van der Waals surface area contributed by atoms with Crippen molar-refractivity contribution >= 4 is 12.1 Å². The summed E-state index contributed by atoms with van der Waals surface area (Å²) in [4.78, 5) is 24.5. The van der Waals surface area contributed by atoms with Crippen LogP contribution in [0.3, 0.4) is 0 Å². The van der Waals surface area contributed by atoms with Crippen molar-refractivity contribution in [3.8, 4) is 0 Å². The van der Waals surface area contributed by atoms with E-state index in [0.717, 1.165) is 31.2 Å². The van der Waals surface area contributed by atoms with Crippen molar-refractivity contribution in [2.45, 2.75) is 57.1 Å². The minimum atomic E-state index is -1.25. The zero-order valence-corrected chi connectivity index (χ0v) is 15.6. The van der Waals surface area contributed by atoms with Gasteiger partial charge in [-0.1, -0.05) is 42.5 Å². The summed E-state index contributed by atoms with van der Waals surface area (Å²) in [5.41, 5.74) is 1.08. The van der Waals surface area contributed by atoms with Gasteiger partial charge in [-0.3, -0.25) is 4.79 Å². The molecule has 0 bridgehead atoms. The van der Waals surface area contributed by atoms with Crippen LogP contribution in [-0.2, 0) is 16.0 Å². The number of aliphatic hydroxyl groups excluding tert-OH is 1. The van der Waals surface area contributed by atoms with Crippen LogP contribution in [0.2, 0.25) is 0 Å². The van der Waals surface area contributed by atoms with E-state index in [1.54, 1.807) is 6.08 Å². The summed E-state index contributed by atoms with van der Waals surface area (Å²) in [5, 5.41) is 18.7. The number of hydrogen-bond acceptors (Lipinski definition) is 4. The van der Waals surface area contributed by atoms with Crippen molar-refractivity contribution in [3.63, 3.8) is 0 Å². The van der Waals surface area contributed by atoms with Gasteiger partial charge in [0, 0.05) is 19.4 Å². The van der Waals surface area contributed by atoms with Crippen LogP contribution in [0.25, 0.3) is 0 Å². The van der Waals surface area contributed by atoms with Crippen molar-refractivity contribution < 1.29 is 24.5 Å². The van der Waals surface area contributed by atoms with Gasteiger partial charge in [-0.15, -0.1) is 0 Å². The maximum absolute atomic E-state index is 12.3.